The van der Waals surface area contributed by atoms with Crippen LogP contribution in [-0.4, -0.2) is 97.0 Å². The van der Waals surface area contributed by atoms with Gasteiger partial charge in [0, 0.05) is 33.3 Å². The standard InChI is InChI=1S/C34H58O13/c1-8-11-13-14-15-17-20-40-33-27(39)30(28(21(4)41-33)45-26(38)19-16-12-9-2)47-34-32(44-24(7)36)31(46-25(37)18-10-3)29(22(5)42-34)43-23(6)35/h21-22,27-34,39H,8-20H2,1-7H3/t21-,22-,27+,28-,29-,30-,31+,32+,33+,34-/m0/s1. The fraction of sp³-hybridized carbons (Fsp3) is 0.882. The molecule has 47 heavy (non-hydrogen) atoms. The molecule has 1 N–H and O–H groups in total. The molecule has 2 saturated heterocycles. The fourth-order valence-corrected chi connectivity index (χ4v) is 5.71. The van der Waals surface area contributed by atoms with E-state index in [1.54, 1.807) is 20.8 Å². The van der Waals surface area contributed by atoms with E-state index in [1.807, 2.05) is 6.92 Å². The molecule has 0 amide bonds. The Balaban J connectivity index is 2.37. The molecular weight excluding hydrogens is 616 g/mol. The zero-order chi connectivity index (χ0) is 34.9. The Morgan fingerprint density at radius 3 is 1.70 bits per heavy atom. The van der Waals surface area contributed by atoms with E-state index >= 15 is 0 Å². The molecule has 2 rings (SSSR count). The summed E-state index contributed by atoms with van der Waals surface area (Å²) in [6, 6.07) is 0. The molecule has 0 aliphatic carbocycles. The van der Waals surface area contributed by atoms with Crippen molar-refractivity contribution in [3.05, 3.63) is 0 Å². The van der Waals surface area contributed by atoms with E-state index in [2.05, 4.69) is 6.92 Å². The second kappa shape index (κ2) is 21.6. The first-order chi connectivity index (χ1) is 22.4. The van der Waals surface area contributed by atoms with Gasteiger partial charge in [0.25, 0.3) is 0 Å². The summed E-state index contributed by atoms with van der Waals surface area (Å²) in [5.74, 6) is -2.47. The lowest BCUT2D eigenvalue weighted by atomic mass is 9.96. The fourth-order valence-electron chi connectivity index (χ4n) is 5.71. The molecule has 2 aliphatic heterocycles. The highest BCUT2D eigenvalue weighted by atomic mass is 16.8. The van der Waals surface area contributed by atoms with Gasteiger partial charge in [-0.1, -0.05) is 65.7 Å². The second-order valence-corrected chi connectivity index (χ2v) is 12.4. The number of aliphatic hydroxyl groups excluding tert-OH is 1. The number of unbranched alkanes of at least 4 members (excludes halogenated alkanes) is 7. The summed E-state index contributed by atoms with van der Waals surface area (Å²) in [6.07, 6.45) is -2.35. The minimum atomic E-state index is -1.44. The van der Waals surface area contributed by atoms with E-state index in [1.165, 1.54) is 20.3 Å². The second-order valence-electron chi connectivity index (χ2n) is 12.4. The first-order valence-corrected chi connectivity index (χ1v) is 17.4. The normalized spacial score (nSPS) is 30.7. The van der Waals surface area contributed by atoms with Crippen LogP contribution in [-0.2, 0) is 57.1 Å². The lowest BCUT2D eigenvalue weighted by Crippen LogP contribution is -2.65. The van der Waals surface area contributed by atoms with Crippen LogP contribution in [0, 0.1) is 0 Å². The van der Waals surface area contributed by atoms with Gasteiger partial charge in [-0.25, -0.2) is 0 Å². The molecule has 0 aromatic rings. The van der Waals surface area contributed by atoms with E-state index in [9.17, 15) is 24.3 Å². The molecule has 0 spiro atoms. The van der Waals surface area contributed by atoms with Crippen LogP contribution in [0.15, 0.2) is 0 Å². The maximum Gasteiger partial charge on any atom is 0.306 e. The third kappa shape index (κ3) is 13.6. The Hall–Kier alpha value is -2.32. The van der Waals surface area contributed by atoms with Gasteiger partial charge in [0.2, 0.25) is 0 Å². The van der Waals surface area contributed by atoms with E-state index in [4.69, 9.17) is 37.9 Å². The first-order valence-electron chi connectivity index (χ1n) is 17.4. The van der Waals surface area contributed by atoms with Crippen molar-refractivity contribution in [2.24, 2.45) is 0 Å². The quantitative estimate of drug-likeness (QED) is 0.108. The summed E-state index contributed by atoms with van der Waals surface area (Å²) in [7, 11) is 0. The first kappa shape index (κ1) is 40.9. The molecule has 0 saturated carbocycles. The highest BCUT2D eigenvalue weighted by Crippen LogP contribution is 2.34. The molecule has 13 nitrogen and oxygen atoms in total. The van der Waals surface area contributed by atoms with Gasteiger partial charge in [-0.05, 0) is 33.1 Å². The van der Waals surface area contributed by atoms with Crippen LogP contribution in [0.5, 0.6) is 0 Å². The Labute approximate surface area is 279 Å². The van der Waals surface area contributed by atoms with Crippen molar-refractivity contribution in [2.75, 3.05) is 6.61 Å². The van der Waals surface area contributed by atoms with Crippen molar-refractivity contribution in [1.82, 2.24) is 0 Å². The lowest BCUT2D eigenvalue weighted by Gasteiger charge is -2.47. The topological polar surface area (TPSA) is 162 Å². The van der Waals surface area contributed by atoms with Gasteiger partial charge < -0.3 is 43.0 Å². The van der Waals surface area contributed by atoms with Crippen LogP contribution < -0.4 is 0 Å². The molecule has 2 heterocycles. The van der Waals surface area contributed by atoms with Crippen LogP contribution in [0.25, 0.3) is 0 Å². The number of ether oxygens (including phenoxy) is 8. The molecule has 10 atom stereocenters. The number of hydrogen-bond acceptors (Lipinski definition) is 13. The van der Waals surface area contributed by atoms with Gasteiger partial charge in [-0.15, -0.1) is 0 Å². The van der Waals surface area contributed by atoms with Crippen molar-refractivity contribution in [2.45, 2.75) is 187 Å². The summed E-state index contributed by atoms with van der Waals surface area (Å²) in [6.45, 7) is 12.0. The maximum absolute atomic E-state index is 12.9. The van der Waals surface area contributed by atoms with Crippen LogP contribution in [0.3, 0.4) is 0 Å². The summed E-state index contributed by atoms with van der Waals surface area (Å²) >= 11 is 0. The molecule has 272 valence electrons. The molecular formula is C34H58O13. The number of rotatable bonds is 20. The predicted molar refractivity (Wildman–Crippen MR) is 169 cm³/mol. The van der Waals surface area contributed by atoms with Gasteiger partial charge in [0.15, 0.2) is 37.0 Å². The SMILES string of the molecule is CCCCCCCCO[C@@H]1O[C@@H](C)[C@H](OC(=O)CCCCC)[C@@H](O[C@@H]2O[C@@H](C)[C@H](OC(C)=O)[C@@H](OC(=O)CCC)[C@H]2OC(C)=O)[C@H]1O. The highest BCUT2D eigenvalue weighted by molar-refractivity contribution is 5.70. The molecule has 0 aromatic heterocycles. The number of carbonyl (C=O) groups is 4. The van der Waals surface area contributed by atoms with Crippen molar-refractivity contribution in [3.8, 4) is 0 Å². The summed E-state index contributed by atoms with van der Waals surface area (Å²) < 4.78 is 47.0. The molecule has 2 fully saturated rings. The average molecular weight is 675 g/mol. The third-order valence-electron chi connectivity index (χ3n) is 8.13. The van der Waals surface area contributed by atoms with E-state index < -0.39 is 85.3 Å². The highest BCUT2D eigenvalue weighted by Gasteiger charge is 2.55. The molecule has 0 unspecified atom stereocenters. The van der Waals surface area contributed by atoms with E-state index in [0.717, 1.165) is 44.9 Å². The Morgan fingerprint density at radius 2 is 1.09 bits per heavy atom. The number of carbonyl (C=O) groups excluding carboxylic acids is 4. The Bertz CT molecular complexity index is 958. The zero-order valence-electron chi connectivity index (χ0n) is 29.3. The van der Waals surface area contributed by atoms with Gasteiger partial charge in [-0.2, -0.15) is 0 Å². The molecule has 0 aromatic carbocycles. The number of hydrogen-bond donors (Lipinski definition) is 1. The number of esters is 4. The Morgan fingerprint density at radius 1 is 0.574 bits per heavy atom. The molecule has 2 aliphatic rings. The summed E-state index contributed by atoms with van der Waals surface area (Å²) in [4.78, 5) is 49.9. The molecule has 0 bridgehead atoms. The van der Waals surface area contributed by atoms with Gasteiger partial charge in [0.05, 0.1) is 12.2 Å². The molecule has 0 radical (unpaired) electrons. The van der Waals surface area contributed by atoms with Gasteiger partial charge in [0.1, 0.15) is 12.2 Å². The predicted octanol–water partition coefficient (Wildman–Crippen LogP) is 4.67. The van der Waals surface area contributed by atoms with Gasteiger partial charge in [-0.3, -0.25) is 19.2 Å². The van der Waals surface area contributed by atoms with E-state index in [0.29, 0.717) is 19.4 Å². The van der Waals surface area contributed by atoms with Crippen molar-refractivity contribution >= 4 is 23.9 Å². The average Bonchev–Trinajstić information content (AvgIpc) is 3.00. The Kier molecular flexibility index (Phi) is 18.8. The number of aliphatic hydroxyl groups is 1. The summed E-state index contributed by atoms with van der Waals surface area (Å²) in [5.41, 5.74) is 0. The summed E-state index contributed by atoms with van der Waals surface area (Å²) in [5, 5.41) is 11.5. The van der Waals surface area contributed by atoms with Crippen LogP contribution in [0.1, 0.15) is 126 Å². The minimum absolute atomic E-state index is 0.0702. The van der Waals surface area contributed by atoms with Crippen LogP contribution in [0.2, 0.25) is 0 Å². The van der Waals surface area contributed by atoms with Crippen molar-refractivity contribution < 1.29 is 62.2 Å². The van der Waals surface area contributed by atoms with Crippen molar-refractivity contribution in [1.29, 1.82) is 0 Å². The van der Waals surface area contributed by atoms with Crippen molar-refractivity contribution in [3.63, 3.8) is 0 Å². The van der Waals surface area contributed by atoms with Gasteiger partial charge >= 0.3 is 23.9 Å². The van der Waals surface area contributed by atoms with E-state index in [-0.39, 0.29) is 12.8 Å². The largest absolute Gasteiger partial charge is 0.457 e. The third-order valence-corrected chi connectivity index (χ3v) is 8.13. The van der Waals surface area contributed by atoms with Crippen LogP contribution >= 0.6 is 0 Å². The monoisotopic (exact) mass is 674 g/mol. The maximum atomic E-state index is 12.9. The minimum Gasteiger partial charge on any atom is -0.457 e. The molecule has 13 heteroatoms. The smallest absolute Gasteiger partial charge is 0.306 e. The lowest BCUT2D eigenvalue weighted by molar-refractivity contribution is -0.355. The zero-order valence-corrected chi connectivity index (χ0v) is 29.3. The van der Waals surface area contributed by atoms with Crippen LogP contribution in [0.4, 0.5) is 0 Å².